The predicted molar refractivity (Wildman–Crippen MR) is 95.9 cm³/mol. The molecule has 1 saturated heterocycles. The topological polar surface area (TPSA) is 25.4 Å². The van der Waals surface area contributed by atoms with Crippen LogP contribution in [0.2, 0.25) is 0 Å². The van der Waals surface area contributed by atoms with Crippen LogP contribution in [0.4, 0.5) is 0 Å². The Balaban J connectivity index is 1.32. The van der Waals surface area contributed by atoms with Gasteiger partial charge in [0.05, 0.1) is 23.9 Å². The van der Waals surface area contributed by atoms with Crippen molar-refractivity contribution in [2.24, 2.45) is 0 Å². The largest absolute Gasteiger partial charge is 0.379 e. The third-order valence-corrected chi connectivity index (χ3v) is 5.24. The van der Waals surface area contributed by atoms with E-state index in [1.807, 2.05) is 11.3 Å². The molecule has 3 rings (SSSR count). The summed E-state index contributed by atoms with van der Waals surface area (Å²) in [5, 5.41) is 3.53. The molecule has 0 aliphatic carbocycles. The molecular weight excluding hydrogens is 304 g/mol. The van der Waals surface area contributed by atoms with Gasteiger partial charge in [0, 0.05) is 25.0 Å². The zero-order valence-electron chi connectivity index (χ0n) is 13.7. The number of nitrogens with zero attached hydrogens (tertiary/aromatic N) is 2. The highest BCUT2D eigenvalue weighted by Gasteiger charge is 2.12. The Labute approximate surface area is 143 Å². The molecule has 0 amide bonds. The van der Waals surface area contributed by atoms with Crippen LogP contribution in [-0.4, -0.2) is 36.2 Å². The van der Waals surface area contributed by atoms with Gasteiger partial charge in [-0.15, -0.1) is 11.3 Å². The summed E-state index contributed by atoms with van der Waals surface area (Å²) in [5.41, 5.74) is 2.69. The zero-order valence-corrected chi connectivity index (χ0v) is 14.6. The van der Waals surface area contributed by atoms with Gasteiger partial charge in [0.25, 0.3) is 0 Å². The normalized spacial score (nSPS) is 15.8. The van der Waals surface area contributed by atoms with E-state index in [-0.39, 0.29) is 0 Å². The van der Waals surface area contributed by atoms with Crippen molar-refractivity contribution < 1.29 is 4.74 Å². The lowest BCUT2D eigenvalue weighted by Crippen LogP contribution is -2.35. The van der Waals surface area contributed by atoms with Gasteiger partial charge in [0.15, 0.2) is 0 Å². The second kappa shape index (κ2) is 9.16. The van der Waals surface area contributed by atoms with E-state index in [1.54, 1.807) is 0 Å². The average Bonchev–Trinajstić information content (AvgIpc) is 3.04. The van der Waals surface area contributed by atoms with Crippen LogP contribution in [0.25, 0.3) is 0 Å². The molecule has 0 saturated carbocycles. The Kier molecular flexibility index (Phi) is 6.62. The summed E-state index contributed by atoms with van der Waals surface area (Å²) in [6, 6.07) is 10.8. The molecule has 2 heterocycles. The molecule has 4 heteroatoms. The maximum Gasteiger partial charge on any atom is 0.0928 e. The average molecular weight is 330 g/mol. The molecule has 2 aromatic rings. The number of rotatable bonds is 8. The summed E-state index contributed by atoms with van der Waals surface area (Å²) in [4.78, 5) is 7.23. The third-order valence-electron chi connectivity index (χ3n) is 4.29. The van der Waals surface area contributed by atoms with Crippen LogP contribution >= 0.6 is 11.3 Å². The summed E-state index contributed by atoms with van der Waals surface area (Å²) < 4.78 is 5.39. The van der Waals surface area contributed by atoms with E-state index < -0.39 is 0 Å². The molecule has 124 valence electrons. The molecule has 0 atom stereocenters. The van der Waals surface area contributed by atoms with Gasteiger partial charge in [-0.2, -0.15) is 0 Å². The molecule has 0 radical (unpaired) electrons. The lowest BCUT2D eigenvalue weighted by Gasteiger charge is -2.25. The molecule has 1 aliphatic rings. The first-order chi connectivity index (χ1) is 11.4. The van der Waals surface area contributed by atoms with Crippen LogP contribution in [0.5, 0.6) is 0 Å². The second-order valence-corrected chi connectivity index (χ2v) is 7.11. The van der Waals surface area contributed by atoms with Crippen molar-refractivity contribution in [2.45, 2.75) is 38.6 Å². The van der Waals surface area contributed by atoms with Crippen molar-refractivity contribution in [2.75, 3.05) is 26.3 Å². The minimum atomic E-state index is 0.860. The Morgan fingerprint density at radius 2 is 1.78 bits per heavy atom. The fourth-order valence-electron chi connectivity index (χ4n) is 2.95. The van der Waals surface area contributed by atoms with Gasteiger partial charge < -0.3 is 4.74 Å². The number of unbranched alkanes of at least 4 members (excludes halogenated alkanes) is 2. The fraction of sp³-hybridized carbons (Fsp3) is 0.526. The molecule has 0 N–H and O–H groups in total. The molecule has 23 heavy (non-hydrogen) atoms. The number of thiazole rings is 1. The Morgan fingerprint density at radius 3 is 2.61 bits per heavy atom. The summed E-state index contributed by atoms with van der Waals surface area (Å²) in [7, 11) is 0. The quantitative estimate of drug-likeness (QED) is 0.686. The lowest BCUT2D eigenvalue weighted by atomic mass is 10.1. The van der Waals surface area contributed by atoms with Gasteiger partial charge in [-0.05, 0) is 31.2 Å². The summed E-state index contributed by atoms with van der Waals surface area (Å²) in [6.07, 6.45) is 6.13. The number of aryl methyl sites for hydroxylation is 2. The molecule has 3 nitrogen and oxygen atoms in total. The third kappa shape index (κ3) is 5.72. The maximum atomic E-state index is 5.39. The smallest absolute Gasteiger partial charge is 0.0928 e. The molecule has 0 unspecified atom stereocenters. The number of benzene rings is 1. The summed E-state index contributed by atoms with van der Waals surface area (Å²) in [6.45, 7) is 4.77. The molecule has 1 aromatic heterocycles. The second-order valence-electron chi connectivity index (χ2n) is 6.17. The van der Waals surface area contributed by atoms with Gasteiger partial charge in [-0.25, -0.2) is 4.98 Å². The molecule has 1 aliphatic heterocycles. The van der Waals surface area contributed by atoms with Crippen molar-refractivity contribution in [1.29, 1.82) is 0 Å². The maximum absolute atomic E-state index is 5.39. The van der Waals surface area contributed by atoms with Crippen molar-refractivity contribution in [3.63, 3.8) is 0 Å². The highest BCUT2D eigenvalue weighted by Crippen LogP contribution is 2.16. The first-order valence-electron chi connectivity index (χ1n) is 8.67. The fourth-order valence-corrected chi connectivity index (χ4v) is 3.78. The molecule has 1 aromatic carbocycles. The van der Waals surface area contributed by atoms with Crippen molar-refractivity contribution >= 4 is 11.3 Å². The Morgan fingerprint density at radius 1 is 1.00 bits per heavy atom. The Bertz CT molecular complexity index is 564. The molecular formula is C19H26N2OS. The van der Waals surface area contributed by atoms with Crippen LogP contribution < -0.4 is 0 Å². The Hall–Kier alpha value is -1.23. The van der Waals surface area contributed by atoms with Crippen LogP contribution in [0.3, 0.4) is 0 Å². The van der Waals surface area contributed by atoms with Gasteiger partial charge in [-0.3, -0.25) is 4.90 Å². The highest BCUT2D eigenvalue weighted by molar-refractivity contribution is 7.09. The summed E-state index contributed by atoms with van der Waals surface area (Å²) >= 11 is 1.82. The monoisotopic (exact) mass is 330 g/mol. The van der Waals surface area contributed by atoms with Gasteiger partial charge in [-0.1, -0.05) is 36.8 Å². The first-order valence-corrected chi connectivity index (χ1v) is 9.55. The minimum Gasteiger partial charge on any atom is -0.379 e. The van der Waals surface area contributed by atoms with Gasteiger partial charge >= 0.3 is 0 Å². The number of ether oxygens (including phenoxy) is 1. The van der Waals surface area contributed by atoms with Crippen LogP contribution in [0, 0.1) is 0 Å². The lowest BCUT2D eigenvalue weighted by molar-refractivity contribution is 0.0337. The highest BCUT2D eigenvalue weighted by atomic mass is 32.1. The standard InChI is InChI=1S/C19H26N2OS/c1-3-7-17(8-4-1)9-5-2-6-10-19-20-18(16-23-19)15-21-11-13-22-14-12-21/h1,3-4,7-8,16H,2,5-6,9-15H2. The van der Waals surface area contributed by atoms with E-state index in [0.717, 1.165) is 39.3 Å². The molecule has 1 fully saturated rings. The van der Waals surface area contributed by atoms with Gasteiger partial charge in [0.1, 0.15) is 0 Å². The molecule has 0 bridgehead atoms. The number of aromatic nitrogens is 1. The minimum absolute atomic E-state index is 0.860. The number of morpholine rings is 1. The van der Waals surface area contributed by atoms with E-state index in [1.165, 1.54) is 41.9 Å². The van der Waals surface area contributed by atoms with E-state index in [4.69, 9.17) is 9.72 Å². The van der Waals surface area contributed by atoms with Crippen molar-refractivity contribution in [3.05, 3.63) is 52.0 Å². The van der Waals surface area contributed by atoms with E-state index in [2.05, 4.69) is 40.6 Å². The van der Waals surface area contributed by atoms with E-state index >= 15 is 0 Å². The van der Waals surface area contributed by atoms with E-state index in [9.17, 15) is 0 Å². The zero-order chi connectivity index (χ0) is 15.7. The molecule has 0 spiro atoms. The van der Waals surface area contributed by atoms with E-state index in [0.29, 0.717) is 0 Å². The van der Waals surface area contributed by atoms with Gasteiger partial charge in [0.2, 0.25) is 0 Å². The summed E-state index contributed by atoms with van der Waals surface area (Å²) in [5.74, 6) is 0. The first kappa shape index (κ1) is 16.6. The SMILES string of the molecule is c1ccc(CCCCCc2nc(CN3CCOCC3)cs2)cc1. The van der Waals surface area contributed by atoms with Crippen LogP contribution in [0.15, 0.2) is 35.7 Å². The predicted octanol–water partition coefficient (Wildman–Crippen LogP) is 3.93. The van der Waals surface area contributed by atoms with Crippen molar-refractivity contribution in [3.8, 4) is 0 Å². The van der Waals surface area contributed by atoms with Crippen LogP contribution in [-0.2, 0) is 24.1 Å². The van der Waals surface area contributed by atoms with Crippen LogP contribution in [0.1, 0.15) is 35.5 Å². The number of hydrogen-bond acceptors (Lipinski definition) is 4. The number of hydrogen-bond donors (Lipinski definition) is 0. The van der Waals surface area contributed by atoms with Crippen molar-refractivity contribution in [1.82, 2.24) is 9.88 Å².